The highest BCUT2D eigenvalue weighted by molar-refractivity contribution is 7.99. The van der Waals surface area contributed by atoms with Crippen molar-refractivity contribution in [2.24, 2.45) is 11.7 Å². The van der Waals surface area contributed by atoms with Crippen molar-refractivity contribution in [3.05, 3.63) is 29.6 Å². The molecule has 3 N–H and O–H groups in total. The number of rotatable bonds is 2. The predicted octanol–water partition coefficient (Wildman–Crippen LogP) is 2.61. The number of hydrogen-bond donors (Lipinski definition) is 2. The van der Waals surface area contributed by atoms with E-state index in [1.165, 1.54) is 6.07 Å². The number of benzene rings is 1. The molecule has 0 aromatic heterocycles. The van der Waals surface area contributed by atoms with Gasteiger partial charge < -0.3 is 11.1 Å². The third-order valence-electron chi connectivity index (χ3n) is 4.17. The standard InChI is InChI=1S/C15H19FN2OS/c16-10-2-4-14-12(8-10)13(5-6-20-14)18-15(19)9-1-3-11(17)7-9/h2,4,8-9,11,13H,1,3,5-7,17H2,(H,18,19). The minimum atomic E-state index is -0.242. The maximum absolute atomic E-state index is 13.4. The molecule has 1 heterocycles. The van der Waals surface area contributed by atoms with Crippen molar-refractivity contribution in [3.8, 4) is 0 Å². The normalized spacial score (nSPS) is 29.0. The Kier molecular flexibility index (Phi) is 3.98. The van der Waals surface area contributed by atoms with Crippen molar-refractivity contribution in [3.63, 3.8) is 0 Å². The van der Waals surface area contributed by atoms with Gasteiger partial charge in [0.05, 0.1) is 6.04 Å². The molecule has 1 aromatic rings. The highest BCUT2D eigenvalue weighted by atomic mass is 32.2. The Hall–Kier alpha value is -1.07. The maximum Gasteiger partial charge on any atom is 0.223 e. The van der Waals surface area contributed by atoms with Crippen molar-refractivity contribution < 1.29 is 9.18 Å². The zero-order valence-corrected chi connectivity index (χ0v) is 12.1. The summed E-state index contributed by atoms with van der Waals surface area (Å²) >= 11 is 1.72. The molecule has 3 unspecified atom stereocenters. The molecule has 3 nitrogen and oxygen atoms in total. The van der Waals surface area contributed by atoms with E-state index >= 15 is 0 Å². The fourth-order valence-corrected chi connectivity index (χ4v) is 4.16. The summed E-state index contributed by atoms with van der Waals surface area (Å²) in [5, 5.41) is 3.09. The molecule has 2 aliphatic rings. The highest BCUT2D eigenvalue weighted by Crippen LogP contribution is 2.37. The summed E-state index contributed by atoms with van der Waals surface area (Å²) in [6.45, 7) is 0. The van der Waals surface area contributed by atoms with Crippen molar-refractivity contribution in [1.29, 1.82) is 0 Å². The molecule has 3 rings (SSSR count). The Morgan fingerprint density at radius 3 is 2.95 bits per heavy atom. The topological polar surface area (TPSA) is 55.1 Å². The van der Waals surface area contributed by atoms with Crippen LogP contribution in [0.2, 0.25) is 0 Å². The van der Waals surface area contributed by atoms with Crippen molar-refractivity contribution in [1.82, 2.24) is 5.32 Å². The predicted molar refractivity (Wildman–Crippen MR) is 77.9 cm³/mol. The van der Waals surface area contributed by atoms with Gasteiger partial charge in [-0.2, -0.15) is 0 Å². The average Bonchev–Trinajstić information content (AvgIpc) is 2.86. The van der Waals surface area contributed by atoms with Crippen LogP contribution in [-0.4, -0.2) is 17.7 Å². The van der Waals surface area contributed by atoms with Crippen LogP contribution in [0.15, 0.2) is 23.1 Å². The Balaban J connectivity index is 1.73. The van der Waals surface area contributed by atoms with Gasteiger partial charge in [-0.3, -0.25) is 4.79 Å². The average molecular weight is 294 g/mol. The molecular formula is C15H19FN2OS. The number of halogens is 1. The Morgan fingerprint density at radius 2 is 2.20 bits per heavy atom. The van der Waals surface area contributed by atoms with Crippen LogP contribution in [0.5, 0.6) is 0 Å². The monoisotopic (exact) mass is 294 g/mol. The molecule has 0 radical (unpaired) electrons. The summed E-state index contributed by atoms with van der Waals surface area (Å²) in [6, 6.07) is 4.92. The second-order valence-electron chi connectivity index (χ2n) is 5.65. The third-order valence-corrected chi connectivity index (χ3v) is 5.29. The summed E-state index contributed by atoms with van der Waals surface area (Å²) in [7, 11) is 0. The molecule has 0 saturated heterocycles. The van der Waals surface area contributed by atoms with Crippen LogP contribution < -0.4 is 11.1 Å². The van der Waals surface area contributed by atoms with Gasteiger partial charge in [0.1, 0.15) is 5.82 Å². The SMILES string of the molecule is NC1CCC(C(=O)NC2CCSc3ccc(F)cc32)C1. The number of carbonyl (C=O) groups excluding carboxylic acids is 1. The quantitative estimate of drug-likeness (QED) is 0.881. The molecule has 1 aliphatic carbocycles. The van der Waals surface area contributed by atoms with Crippen LogP contribution >= 0.6 is 11.8 Å². The van der Waals surface area contributed by atoms with Gasteiger partial charge in [-0.15, -0.1) is 11.8 Å². The number of amides is 1. The van der Waals surface area contributed by atoms with Gasteiger partial charge in [0.2, 0.25) is 5.91 Å². The third kappa shape index (κ3) is 2.83. The van der Waals surface area contributed by atoms with Gasteiger partial charge in [-0.05, 0) is 49.4 Å². The van der Waals surface area contributed by atoms with Crippen molar-refractivity contribution >= 4 is 17.7 Å². The number of fused-ring (bicyclic) bond motifs is 1. The fourth-order valence-electron chi connectivity index (χ4n) is 3.06. The Labute approximate surface area is 122 Å². The summed E-state index contributed by atoms with van der Waals surface area (Å²) in [5.74, 6) is 0.809. The van der Waals surface area contributed by atoms with Crippen molar-refractivity contribution in [2.45, 2.75) is 42.7 Å². The van der Waals surface area contributed by atoms with Crippen LogP contribution in [0.4, 0.5) is 4.39 Å². The van der Waals surface area contributed by atoms with E-state index in [0.29, 0.717) is 0 Å². The van der Waals surface area contributed by atoms with Crippen LogP contribution in [-0.2, 0) is 4.79 Å². The molecule has 1 aliphatic heterocycles. The van der Waals surface area contributed by atoms with E-state index < -0.39 is 0 Å². The second-order valence-corrected chi connectivity index (χ2v) is 6.79. The first-order chi connectivity index (χ1) is 9.63. The van der Waals surface area contributed by atoms with Gasteiger partial charge in [0.25, 0.3) is 0 Å². The molecule has 108 valence electrons. The van der Waals surface area contributed by atoms with Gasteiger partial charge in [-0.1, -0.05) is 0 Å². The van der Waals surface area contributed by atoms with Crippen LogP contribution in [0.1, 0.15) is 37.3 Å². The minimum Gasteiger partial charge on any atom is -0.349 e. The molecular weight excluding hydrogens is 275 g/mol. The first-order valence-electron chi connectivity index (χ1n) is 7.11. The molecule has 5 heteroatoms. The molecule has 3 atom stereocenters. The van der Waals surface area contributed by atoms with E-state index in [1.54, 1.807) is 23.9 Å². The molecule has 1 amide bonds. The summed E-state index contributed by atoms with van der Waals surface area (Å²) in [4.78, 5) is 13.4. The van der Waals surface area contributed by atoms with Crippen LogP contribution in [0.25, 0.3) is 0 Å². The first-order valence-corrected chi connectivity index (χ1v) is 8.10. The lowest BCUT2D eigenvalue weighted by atomic mass is 10.0. The number of carbonyl (C=O) groups is 1. The van der Waals surface area contributed by atoms with Crippen molar-refractivity contribution in [2.75, 3.05) is 5.75 Å². The lowest BCUT2D eigenvalue weighted by Gasteiger charge is -2.27. The summed E-state index contributed by atoms with van der Waals surface area (Å²) < 4.78 is 13.4. The second kappa shape index (κ2) is 5.74. The highest BCUT2D eigenvalue weighted by Gasteiger charge is 2.30. The smallest absolute Gasteiger partial charge is 0.223 e. The number of nitrogens with one attached hydrogen (secondary N) is 1. The largest absolute Gasteiger partial charge is 0.349 e. The van der Waals surface area contributed by atoms with Crippen LogP contribution in [0, 0.1) is 11.7 Å². The van der Waals surface area contributed by atoms with E-state index in [0.717, 1.165) is 41.9 Å². The maximum atomic E-state index is 13.4. The lowest BCUT2D eigenvalue weighted by Crippen LogP contribution is -2.35. The Morgan fingerprint density at radius 1 is 1.35 bits per heavy atom. The van der Waals surface area contributed by atoms with E-state index in [4.69, 9.17) is 5.73 Å². The zero-order chi connectivity index (χ0) is 14.1. The van der Waals surface area contributed by atoms with Crippen LogP contribution in [0.3, 0.4) is 0 Å². The summed E-state index contributed by atoms with van der Waals surface area (Å²) in [6.07, 6.45) is 3.41. The zero-order valence-electron chi connectivity index (χ0n) is 11.3. The van der Waals surface area contributed by atoms with E-state index in [1.807, 2.05) is 0 Å². The molecule has 0 spiro atoms. The van der Waals surface area contributed by atoms with Gasteiger partial charge in [0.15, 0.2) is 0 Å². The first kappa shape index (κ1) is 13.9. The molecule has 0 bridgehead atoms. The number of thioether (sulfide) groups is 1. The van der Waals surface area contributed by atoms with Gasteiger partial charge in [0, 0.05) is 22.6 Å². The molecule has 1 fully saturated rings. The van der Waals surface area contributed by atoms with E-state index in [2.05, 4.69) is 5.32 Å². The lowest BCUT2D eigenvalue weighted by molar-refractivity contribution is -0.125. The van der Waals surface area contributed by atoms with E-state index in [-0.39, 0.29) is 29.7 Å². The number of nitrogens with two attached hydrogens (primary N) is 1. The van der Waals surface area contributed by atoms with Gasteiger partial charge in [-0.25, -0.2) is 4.39 Å². The fraction of sp³-hybridized carbons (Fsp3) is 0.533. The van der Waals surface area contributed by atoms with E-state index in [9.17, 15) is 9.18 Å². The minimum absolute atomic E-state index is 0.0246. The summed E-state index contributed by atoms with van der Waals surface area (Å²) in [5.41, 5.74) is 6.77. The Bertz CT molecular complexity index is 523. The van der Waals surface area contributed by atoms with Gasteiger partial charge >= 0.3 is 0 Å². The molecule has 1 aromatic carbocycles. The molecule has 20 heavy (non-hydrogen) atoms. The molecule has 1 saturated carbocycles. The number of hydrogen-bond acceptors (Lipinski definition) is 3.